The summed E-state index contributed by atoms with van der Waals surface area (Å²) in [6, 6.07) is 5.32. The molecule has 0 aliphatic carbocycles. The third kappa shape index (κ3) is 1.63. The van der Waals surface area contributed by atoms with Crippen LogP contribution >= 0.6 is 0 Å². The Bertz CT molecular complexity index is 241. The normalized spacial score (nSPS) is 16.1. The van der Waals surface area contributed by atoms with E-state index in [1.807, 2.05) is 19.9 Å². The van der Waals surface area contributed by atoms with Gasteiger partial charge in [-0.05, 0) is 25.0 Å². The molecule has 1 rings (SSSR count). The highest BCUT2D eigenvalue weighted by molar-refractivity contribution is 5.12. The van der Waals surface area contributed by atoms with Gasteiger partial charge in [0.25, 0.3) is 0 Å². The molecular formula is C10H14FN. The zero-order valence-corrected chi connectivity index (χ0v) is 7.71. The first kappa shape index (κ1) is 9.17. The van der Waals surface area contributed by atoms with E-state index in [-0.39, 0.29) is 5.92 Å². The van der Waals surface area contributed by atoms with Crippen molar-refractivity contribution in [3.63, 3.8) is 0 Å². The van der Waals surface area contributed by atoms with E-state index >= 15 is 0 Å². The largest absolute Gasteiger partial charge is 0.258 e. The number of nitrogens with zero attached hydrogens (tertiary/aromatic N) is 1. The van der Waals surface area contributed by atoms with Gasteiger partial charge in [0.1, 0.15) is 0 Å². The molecule has 0 saturated heterocycles. The van der Waals surface area contributed by atoms with E-state index < -0.39 is 5.67 Å². The molecule has 0 bridgehead atoms. The lowest BCUT2D eigenvalue weighted by atomic mass is 9.91. The number of hydrogen-bond donors (Lipinski definition) is 0. The Kier molecular flexibility index (Phi) is 2.46. The lowest BCUT2D eigenvalue weighted by Crippen LogP contribution is -2.23. The van der Waals surface area contributed by atoms with Gasteiger partial charge < -0.3 is 0 Å². The molecule has 0 fully saturated rings. The van der Waals surface area contributed by atoms with Crippen LogP contribution in [-0.4, -0.2) is 4.98 Å². The first-order valence-corrected chi connectivity index (χ1v) is 4.15. The summed E-state index contributed by atoms with van der Waals surface area (Å²) < 4.78 is 13.9. The van der Waals surface area contributed by atoms with E-state index in [0.29, 0.717) is 5.69 Å². The molecule has 1 aromatic heterocycles. The summed E-state index contributed by atoms with van der Waals surface area (Å²) in [4.78, 5) is 4.00. The molecule has 0 aliphatic rings. The minimum absolute atomic E-state index is 0.0487. The summed E-state index contributed by atoms with van der Waals surface area (Å²) >= 11 is 0. The maximum absolute atomic E-state index is 13.9. The van der Waals surface area contributed by atoms with Crippen LogP contribution in [0.1, 0.15) is 26.5 Å². The summed E-state index contributed by atoms with van der Waals surface area (Å²) in [5, 5.41) is 0. The van der Waals surface area contributed by atoms with Crippen LogP contribution in [0.25, 0.3) is 0 Å². The summed E-state index contributed by atoms with van der Waals surface area (Å²) in [6.45, 7) is 5.28. The molecule has 0 saturated carbocycles. The first-order chi connectivity index (χ1) is 5.55. The number of alkyl halides is 1. The Morgan fingerprint density at radius 1 is 1.42 bits per heavy atom. The Morgan fingerprint density at radius 3 is 2.50 bits per heavy atom. The molecule has 2 heteroatoms. The van der Waals surface area contributed by atoms with Crippen molar-refractivity contribution in [1.29, 1.82) is 0 Å². The Balaban J connectivity index is 2.98. The van der Waals surface area contributed by atoms with E-state index in [0.717, 1.165) is 0 Å². The molecule has 1 heterocycles. The number of hydrogen-bond acceptors (Lipinski definition) is 1. The number of pyridine rings is 1. The van der Waals surface area contributed by atoms with Crippen molar-refractivity contribution in [3.05, 3.63) is 30.1 Å². The molecule has 1 atom stereocenters. The smallest absolute Gasteiger partial charge is 0.152 e. The van der Waals surface area contributed by atoms with Gasteiger partial charge in [-0.2, -0.15) is 0 Å². The quantitative estimate of drug-likeness (QED) is 0.660. The second kappa shape index (κ2) is 3.21. The van der Waals surface area contributed by atoms with Gasteiger partial charge in [-0.25, -0.2) is 4.39 Å². The van der Waals surface area contributed by atoms with Crippen molar-refractivity contribution in [1.82, 2.24) is 4.98 Å². The molecule has 0 aliphatic heterocycles. The standard InChI is InChI=1S/C10H14FN/c1-8(2)10(3,11)9-6-4-5-7-12-9/h4-8H,1-3H3. The van der Waals surface area contributed by atoms with Gasteiger partial charge in [-0.1, -0.05) is 19.9 Å². The fraction of sp³-hybridized carbons (Fsp3) is 0.500. The van der Waals surface area contributed by atoms with Crippen molar-refractivity contribution in [2.24, 2.45) is 5.92 Å². The SMILES string of the molecule is CC(C)C(C)(F)c1ccccn1. The van der Waals surface area contributed by atoms with Crippen LogP contribution in [0.2, 0.25) is 0 Å². The van der Waals surface area contributed by atoms with Crippen molar-refractivity contribution < 1.29 is 4.39 Å². The molecule has 0 spiro atoms. The number of rotatable bonds is 2. The maximum Gasteiger partial charge on any atom is 0.152 e. The second-order valence-corrected chi connectivity index (χ2v) is 3.45. The number of aromatic nitrogens is 1. The monoisotopic (exact) mass is 167 g/mol. The lowest BCUT2D eigenvalue weighted by molar-refractivity contribution is 0.118. The first-order valence-electron chi connectivity index (χ1n) is 4.15. The third-order valence-corrected chi connectivity index (χ3v) is 2.25. The predicted molar refractivity (Wildman–Crippen MR) is 47.5 cm³/mol. The molecule has 1 unspecified atom stereocenters. The van der Waals surface area contributed by atoms with E-state index in [1.165, 1.54) is 0 Å². The van der Waals surface area contributed by atoms with Crippen LogP contribution in [0.4, 0.5) is 4.39 Å². The van der Waals surface area contributed by atoms with Crippen LogP contribution in [0, 0.1) is 5.92 Å². The Labute approximate surface area is 72.6 Å². The average Bonchev–Trinajstić information content (AvgIpc) is 2.06. The summed E-state index contributed by atoms with van der Waals surface area (Å²) in [5.41, 5.74) is -0.804. The van der Waals surface area contributed by atoms with E-state index in [4.69, 9.17) is 0 Å². The minimum Gasteiger partial charge on any atom is -0.258 e. The molecular weight excluding hydrogens is 153 g/mol. The van der Waals surface area contributed by atoms with E-state index in [2.05, 4.69) is 4.98 Å². The Morgan fingerprint density at radius 2 is 2.08 bits per heavy atom. The zero-order chi connectivity index (χ0) is 9.19. The van der Waals surface area contributed by atoms with Crippen LogP contribution in [-0.2, 0) is 5.67 Å². The molecule has 0 aromatic carbocycles. The minimum atomic E-state index is -1.32. The highest BCUT2D eigenvalue weighted by atomic mass is 19.1. The lowest BCUT2D eigenvalue weighted by Gasteiger charge is -2.23. The average molecular weight is 167 g/mol. The highest BCUT2D eigenvalue weighted by Crippen LogP contribution is 2.31. The van der Waals surface area contributed by atoms with Gasteiger partial charge in [-0.3, -0.25) is 4.98 Å². The summed E-state index contributed by atoms with van der Waals surface area (Å²) in [7, 11) is 0. The molecule has 66 valence electrons. The van der Waals surface area contributed by atoms with Gasteiger partial charge in [0.15, 0.2) is 5.67 Å². The van der Waals surface area contributed by atoms with Gasteiger partial charge in [-0.15, -0.1) is 0 Å². The fourth-order valence-electron chi connectivity index (χ4n) is 0.948. The number of halogens is 1. The topological polar surface area (TPSA) is 12.9 Å². The molecule has 12 heavy (non-hydrogen) atoms. The summed E-state index contributed by atoms with van der Waals surface area (Å²) in [6.07, 6.45) is 1.62. The van der Waals surface area contributed by atoms with Crippen LogP contribution < -0.4 is 0 Å². The van der Waals surface area contributed by atoms with Crippen molar-refractivity contribution >= 4 is 0 Å². The zero-order valence-electron chi connectivity index (χ0n) is 7.71. The fourth-order valence-corrected chi connectivity index (χ4v) is 0.948. The molecule has 1 aromatic rings. The van der Waals surface area contributed by atoms with Gasteiger partial charge in [0.05, 0.1) is 5.69 Å². The third-order valence-electron chi connectivity index (χ3n) is 2.25. The van der Waals surface area contributed by atoms with Crippen LogP contribution in [0.3, 0.4) is 0 Å². The van der Waals surface area contributed by atoms with Gasteiger partial charge in [0.2, 0.25) is 0 Å². The van der Waals surface area contributed by atoms with Crippen molar-refractivity contribution in [2.75, 3.05) is 0 Å². The Hall–Kier alpha value is -0.920. The predicted octanol–water partition coefficient (Wildman–Crippen LogP) is 2.92. The van der Waals surface area contributed by atoms with Crippen LogP contribution in [0.15, 0.2) is 24.4 Å². The summed E-state index contributed by atoms with van der Waals surface area (Å²) in [5.74, 6) is -0.0487. The second-order valence-electron chi connectivity index (χ2n) is 3.45. The highest BCUT2D eigenvalue weighted by Gasteiger charge is 2.30. The van der Waals surface area contributed by atoms with Crippen molar-refractivity contribution in [2.45, 2.75) is 26.4 Å². The molecule has 0 radical (unpaired) electrons. The van der Waals surface area contributed by atoms with Crippen molar-refractivity contribution in [3.8, 4) is 0 Å². The molecule has 0 N–H and O–H groups in total. The van der Waals surface area contributed by atoms with Crippen LogP contribution in [0.5, 0.6) is 0 Å². The van der Waals surface area contributed by atoms with E-state index in [1.54, 1.807) is 25.3 Å². The van der Waals surface area contributed by atoms with Gasteiger partial charge in [0, 0.05) is 6.20 Å². The van der Waals surface area contributed by atoms with Gasteiger partial charge >= 0.3 is 0 Å². The van der Waals surface area contributed by atoms with E-state index in [9.17, 15) is 4.39 Å². The molecule has 0 amide bonds. The molecule has 1 nitrogen and oxygen atoms in total. The maximum atomic E-state index is 13.9.